The van der Waals surface area contributed by atoms with E-state index in [-0.39, 0.29) is 5.60 Å². The van der Waals surface area contributed by atoms with Crippen LogP contribution in [0.25, 0.3) is 0 Å². The van der Waals surface area contributed by atoms with Crippen molar-refractivity contribution < 1.29 is 4.74 Å². The highest BCUT2D eigenvalue weighted by Gasteiger charge is 2.36. The first-order valence-electron chi connectivity index (χ1n) is 8.40. The Balaban J connectivity index is 2.31. The highest BCUT2D eigenvalue weighted by molar-refractivity contribution is 5.15. The molecule has 0 radical (unpaired) electrons. The van der Waals surface area contributed by atoms with Crippen LogP contribution >= 0.6 is 0 Å². The molecule has 0 aliphatic heterocycles. The van der Waals surface area contributed by atoms with E-state index in [1.54, 1.807) is 0 Å². The van der Waals surface area contributed by atoms with Crippen LogP contribution in [0, 0.1) is 6.92 Å². The van der Waals surface area contributed by atoms with Gasteiger partial charge in [-0.2, -0.15) is 0 Å². The Hall–Kier alpha value is -1.00. The zero-order valence-electron chi connectivity index (χ0n) is 13.7. The van der Waals surface area contributed by atoms with E-state index in [9.17, 15) is 0 Å². The van der Waals surface area contributed by atoms with Crippen molar-refractivity contribution >= 4 is 0 Å². The molecule has 0 aromatic carbocycles. The first-order chi connectivity index (χ1) is 10.2. The molecule has 1 heterocycles. The predicted octanol–water partition coefficient (Wildman–Crippen LogP) is 3.48. The maximum atomic E-state index is 6.21. The fourth-order valence-corrected chi connectivity index (χ4v) is 3.19. The minimum atomic E-state index is -0.266. The number of nitrogens with one attached hydrogen (secondary N) is 1. The highest BCUT2D eigenvalue weighted by atomic mass is 16.5. The number of ether oxygens (including phenoxy) is 1. The van der Waals surface area contributed by atoms with Gasteiger partial charge in [0.1, 0.15) is 5.60 Å². The SMILES string of the molecule is CCNCc1cc(C)nc(C2(OCC)CCCCCC2)n1. The molecule has 1 aromatic heterocycles. The minimum Gasteiger partial charge on any atom is -0.367 e. The first-order valence-corrected chi connectivity index (χ1v) is 8.40. The molecule has 0 atom stereocenters. The summed E-state index contributed by atoms with van der Waals surface area (Å²) in [5, 5.41) is 3.35. The Morgan fingerprint density at radius 1 is 1.14 bits per heavy atom. The van der Waals surface area contributed by atoms with Gasteiger partial charge >= 0.3 is 0 Å². The summed E-state index contributed by atoms with van der Waals surface area (Å²) in [6.45, 7) is 8.71. The molecule has 0 bridgehead atoms. The van der Waals surface area contributed by atoms with Gasteiger partial charge in [0.25, 0.3) is 0 Å². The van der Waals surface area contributed by atoms with E-state index in [2.05, 4.69) is 32.2 Å². The van der Waals surface area contributed by atoms with Gasteiger partial charge in [-0.1, -0.05) is 32.6 Å². The van der Waals surface area contributed by atoms with Crippen LogP contribution in [0.1, 0.15) is 69.6 Å². The Bertz CT molecular complexity index is 440. The molecule has 21 heavy (non-hydrogen) atoms. The van der Waals surface area contributed by atoms with Gasteiger partial charge in [-0.05, 0) is 39.3 Å². The summed E-state index contributed by atoms with van der Waals surface area (Å²) in [5.74, 6) is 0.902. The molecule has 1 aliphatic carbocycles. The summed E-state index contributed by atoms with van der Waals surface area (Å²) in [6.07, 6.45) is 7.10. The number of nitrogens with zero attached hydrogens (tertiary/aromatic N) is 2. The van der Waals surface area contributed by atoms with Crippen molar-refractivity contribution in [2.75, 3.05) is 13.2 Å². The molecule has 1 aromatic rings. The van der Waals surface area contributed by atoms with E-state index in [1.807, 2.05) is 0 Å². The summed E-state index contributed by atoms with van der Waals surface area (Å²) in [5.41, 5.74) is 1.84. The van der Waals surface area contributed by atoms with Gasteiger partial charge in [0, 0.05) is 18.8 Å². The van der Waals surface area contributed by atoms with Crippen LogP contribution in [-0.2, 0) is 16.9 Å². The van der Waals surface area contributed by atoms with E-state index in [0.717, 1.165) is 49.8 Å². The monoisotopic (exact) mass is 291 g/mol. The molecular weight excluding hydrogens is 262 g/mol. The van der Waals surface area contributed by atoms with Gasteiger partial charge in [-0.25, -0.2) is 9.97 Å². The number of rotatable bonds is 6. The smallest absolute Gasteiger partial charge is 0.160 e. The van der Waals surface area contributed by atoms with Gasteiger partial charge in [0.15, 0.2) is 5.82 Å². The second-order valence-electron chi connectivity index (χ2n) is 5.95. The maximum absolute atomic E-state index is 6.21. The van der Waals surface area contributed by atoms with Crippen LogP contribution in [0.4, 0.5) is 0 Å². The van der Waals surface area contributed by atoms with Crippen LogP contribution in [0.5, 0.6) is 0 Å². The normalized spacial score (nSPS) is 18.4. The van der Waals surface area contributed by atoms with Crippen LogP contribution in [0.15, 0.2) is 6.07 Å². The Labute approximate surface area is 128 Å². The fourth-order valence-electron chi connectivity index (χ4n) is 3.19. The molecule has 4 heteroatoms. The third-order valence-electron chi connectivity index (χ3n) is 4.20. The van der Waals surface area contributed by atoms with Crippen LogP contribution in [-0.4, -0.2) is 23.1 Å². The number of hydrogen-bond acceptors (Lipinski definition) is 4. The standard InChI is InChI=1S/C17H29N3O/c1-4-18-13-15-12-14(3)19-16(20-15)17(21-5-2)10-8-6-7-9-11-17/h12,18H,4-11,13H2,1-3H3. The van der Waals surface area contributed by atoms with Crippen LogP contribution in [0.3, 0.4) is 0 Å². The number of hydrogen-bond donors (Lipinski definition) is 1. The van der Waals surface area contributed by atoms with Crippen molar-refractivity contribution in [3.05, 3.63) is 23.3 Å². The molecular formula is C17H29N3O. The maximum Gasteiger partial charge on any atom is 0.160 e. The van der Waals surface area contributed by atoms with Crippen molar-refractivity contribution in [1.29, 1.82) is 0 Å². The predicted molar refractivity (Wildman–Crippen MR) is 85.2 cm³/mol. The van der Waals surface area contributed by atoms with Gasteiger partial charge in [0.05, 0.1) is 5.69 Å². The van der Waals surface area contributed by atoms with Crippen LogP contribution < -0.4 is 5.32 Å². The number of aryl methyl sites for hydroxylation is 1. The molecule has 2 rings (SSSR count). The lowest BCUT2D eigenvalue weighted by Crippen LogP contribution is -2.32. The largest absolute Gasteiger partial charge is 0.367 e. The zero-order valence-corrected chi connectivity index (χ0v) is 13.7. The lowest BCUT2D eigenvalue weighted by atomic mass is 9.92. The third-order valence-corrected chi connectivity index (χ3v) is 4.20. The molecule has 118 valence electrons. The average molecular weight is 291 g/mol. The molecule has 1 fully saturated rings. The van der Waals surface area contributed by atoms with Gasteiger partial charge < -0.3 is 10.1 Å². The quantitative estimate of drug-likeness (QED) is 0.815. The number of aromatic nitrogens is 2. The molecule has 1 aliphatic rings. The van der Waals surface area contributed by atoms with Crippen molar-refractivity contribution in [2.45, 2.75) is 71.4 Å². The Kier molecular flexibility index (Phi) is 6.12. The molecule has 0 saturated heterocycles. The molecule has 4 nitrogen and oxygen atoms in total. The fraction of sp³-hybridized carbons (Fsp3) is 0.765. The second kappa shape index (κ2) is 7.85. The van der Waals surface area contributed by atoms with E-state index >= 15 is 0 Å². The average Bonchev–Trinajstić information content (AvgIpc) is 2.71. The van der Waals surface area contributed by atoms with E-state index in [4.69, 9.17) is 14.7 Å². The summed E-state index contributed by atoms with van der Waals surface area (Å²) in [7, 11) is 0. The second-order valence-corrected chi connectivity index (χ2v) is 5.95. The van der Waals surface area contributed by atoms with Crippen molar-refractivity contribution in [1.82, 2.24) is 15.3 Å². The summed E-state index contributed by atoms with van der Waals surface area (Å²) in [4.78, 5) is 9.56. The van der Waals surface area contributed by atoms with Crippen LogP contribution in [0.2, 0.25) is 0 Å². The van der Waals surface area contributed by atoms with E-state index in [0.29, 0.717) is 0 Å². The topological polar surface area (TPSA) is 47.0 Å². The summed E-state index contributed by atoms with van der Waals surface area (Å²) in [6, 6.07) is 2.07. The summed E-state index contributed by atoms with van der Waals surface area (Å²) >= 11 is 0. The van der Waals surface area contributed by atoms with Crippen molar-refractivity contribution in [3.63, 3.8) is 0 Å². The Morgan fingerprint density at radius 3 is 2.48 bits per heavy atom. The van der Waals surface area contributed by atoms with Crippen molar-refractivity contribution in [2.24, 2.45) is 0 Å². The minimum absolute atomic E-state index is 0.266. The van der Waals surface area contributed by atoms with E-state index in [1.165, 1.54) is 25.7 Å². The van der Waals surface area contributed by atoms with Gasteiger partial charge in [-0.15, -0.1) is 0 Å². The first kappa shape index (κ1) is 16.4. The van der Waals surface area contributed by atoms with Gasteiger partial charge in [-0.3, -0.25) is 0 Å². The molecule has 1 saturated carbocycles. The third kappa shape index (κ3) is 4.24. The molecule has 0 spiro atoms. The van der Waals surface area contributed by atoms with Gasteiger partial charge in [0.2, 0.25) is 0 Å². The lowest BCUT2D eigenvalue weighted by molar-refractivity contribution is -0.0626. The molecule has 0 amide bonds. The van der Waals surface area contributed by atoms with E-state index < -0.39 is 0 Å². The molecule has 1 N–H and O–H groups in total. The highest BCUT2D eigenvalue weighted by Crippen LogP contribution is 2.37. The Morgan fingerprint density at radius 2 is 1.86 bits per heavy atom. The summed E-state index contributed by atoms with van der Waals surface area (Å²) < 4.78 is 6.21. The lowest BCUT2D eigenvalue weighted by Gasteiger charge is -2.31. The molecule has 0 unspecified atom stereocenters. The van der Waals surface area contributed by atoms with Crippen molar-refractivity contribution in [3.8, 4) is 0 Å². The zero-order chi connectivity index (χ0) is 15.1.